The highest BCUT2D eigenvalue weighted by molar-refractivity contribution is 6.44. The third kappa shape index (κ3) is 3.66. The third-order valence-electron chi connectivity index (χ3n) is 3.84. The minimum atomic E-state index is -0.596. The molecule has 1 amide bonds. The van der Waals surface area contributed by atoms with Crippen LogP contribution in [0.25, 0.3) is 0 Å². The molecule has 0 aliphatic heterocycles. The number of nitrogens with one attached hydrogen (secondary N) is 1. The summed E-state index contributed by atoms with van der Waals surface area (Å²) in [6.07, 6.45) is 5.05. The lowest BCUT2D eigenvalue weighted by Gasteiger charge is -2.34. The number of carbonyl (C=O) groups is 1. The smallest absolute Gasteiger partial charge is 0.271 e. The average molecular weight is 331 g/mol. The van der Waals surface area contributed by atoms with E-state index < -0.39 is 10.8 Å². The van der Waals surface area contributed by atoms with Gasteiger partial charge in [-0.3, -0.25) is 14.9 Å². The fraction of sp³-hybridized carbons (Fsp3) is 0.500. The standard InChI is InChI=1S/C14H16Cl2N2O3/c1-14(5-3-2-4-6-14)17-13(19)10-7-9(18(20)21)8-11(15)12(10)16/h7-8H,2-6H2,1H3,(H,17,19). The first kappa shape index (κ1) is 16.0. The van der Waals surface area contributed by atoms with E-state index in [0.29, 0.717) is 0 Å². The Hall–Kier alpha value is -1.33. The summed E-state index contributed by atoms with van der Waals surface area (Å²) in [5, 5.41) is 13.9. The lowest BCUT2D eigenvalue weighted by Crippen LogP contribution is -2.47. The first-order valence-corrected chi connectivity index (χ1v) is 7.54. The van der Waals surface area contributed by atoms with E-state index in [4.69, 9.17) is 23.2 Å². The number of hydrogen-bond donors (Lipinski definition) is 1. The lowest BCUT2D eigenvalue weighted by atomic mass is 9.83. The Balaban J connectivity index is 2.28. The quantitative estimate of drug-likeness (QED) is 0.661. The molecule has 1 N–H and O–H groups in total. The van der Waals surface area contributed by atoms with Crippen molar-refractivity contribution in [2.75, 3.05) is 0 Å². The van der Waals surface area contributed by atoms with Crippen molar-refractivity contribution in [1.82, 2.24) is 5.32 Å². The number of nitrogens with zero attached hydrogens (tertiary/aromatic N) is 1. The summed E-state index contributed by atoms with van der Waals surface area (Å²) in [6.45, 7) is 1.98. The molecule has 0 atom stereocenters. The molecule has 0 bridgehead atoms. The van der Waals surface area contributed by atoms with Gasteiger partial charge >= 0.3 is 0 Å². The van der Waals surface area contributed by atoms with Gasteiger partial charge in [0.15, 0.2) is 0 Å². The van der Waals surface area contributed by atoms with Crippen molar-refractivity contribution in [3.8, 4) is 0 Å². The van der Waals surface area contributed by atoms with Gasteiger partial charge < -0.3 is 5.32 Å². The van der Waals surface area contributed by atoms with Crippen LogP contribution in [0.3, 0.4) is 0 Å². The normalized spacial score (nSPS) is 17.3. The average Bonchev–Trinajstić information content (AvgIpc) is 2.41. The molecule has 0 radical (unpaired) electrons. The number of hydrogen-bond acceptors (Lipinski definition) is 3. The van der Waals surface area contributed by atoms with Gasteiger partial charge in [0, 0.05) is 17.7 Å². The molecule has 1 aliphatic rings. The summed E-state index contributed by atoms with van der Waals surface area (Å²) in [4.78, 5) is 22.7. The van der Waals surface area contributed by atoms with E-state index in [-0.39, 0.29) is 26.8 Å². The molecule has 0 aromatic heterocycles. The number of carbonyl (C=O) groups excluding carboxylic acids is 1. The van der Waals surface area contributed by atoms with Crippen LogP contribution in [0.15, 0.2) is 12.1 Å². The molecule has 0 unspecified atom stereocenters. The maximum absolute atomic E-state index is 12.4. The maximum Gasteiger partial charge on any atom is 0.271 e. The van der Waals surface area contributed by atoms with Crippen LogP contribution >= 0.6 is 23.2 Å². The summed E-state index contributed by atoms with van der Waals surface area (Å²) in [6, 6.07) is 2.30. The lowest BCUT2D eigenvalue weighted by molar-refractivity contribution is -0.384. The summed E-state index contributed by atoms with van der Waals surface area (Å²) in [5.41, 5.74) is -0.499. The van der Waals surface area contributed by atoms with Crippen LogP contribution in [0.4, 0.5) is 5.69 Å². The predicted octanol–water partition coefficient (Wildman–Crippen LogP) is 4.35. The van der Waals surface area contributed by atoms with Gasteiger partial charge in [0.25, 0.3) is 11.6 Å². The fourth-order valence-corrected chi connectivity index (χ4v) is 3.05. The van der Waals surface area contributed by atoms with Crippen molar-refractivity contribution in [3.63, 3.8) is 0 Å². The Kier molecular flexibility index (Phi) is 4.74. The van der Waals surface area contributed by atoms with Gasteiger partial charge in [-0.1, -0.05) is 42.5 Å². The molecule has 1 aliphatic carbocycles. The van der Waals surface area contributed by atoms with Crippen molar-refractivity contribution in [1.29, 1.82) is 0 Å². The Morgan fingerprint density at radius 2 is 1.90 bits per heavy atom. The fourth-order valence-electron chi connectivity index (χ4n) is 2.64. The zero-order valence-electron chi connectivity index (χ0n) is 11.6. The van der Waals surface area contributed by atoms with Crippen LogP contribution in [-0.4, -0.2) is 16.4 Å². The second kappa shape index (κ2) is 6.20. The third-order valence-corrected chi connectivity index (χ3v) is 4.64. The molecule has 5 nitrogen and oxygen atoms in total. The molecular weight excluding hydrogens is 315 g/mol. The van der Waals surface area contributed by atoms with E-state index >= 15 is 0 Å². The van der Waals surface area contributed by atoms with Gasteiger partial charge in [0.05, 0.1) is 20.5 Å². The molecule has 1 aromatic rings. The Labute approximate surface area is 132 Å². The largest absolute Gasteiger partial charge is 0.347 e. The number of halogens is 2. The predicted molar refractivity (Wildman–Crippen MR) is 82.1 cm³/mol. The van der Waals surface area contributed by atoms with E-state index in [9.17, 15) is 14.9 Å². The van der Waals surface area contributed by atoms with Gasteiger partial charge in [0.1, 0.15) is 0 Å². The second-order valence-electron chi connectivity index (χ2n) is 5.62. The Bertz CT molecular complexity index is 584. The molecule has 114 valence electrons. The number of non-ortho nitro benzene ring substituents is 1. The first-order chi connectivity index (χ1) is 9.82. The summed E-state index contributed by atoms with van der Waals surface area (Å²) >= 11 is 11.9. The van der Waals surface area contributed by atoms with Gasteiger partial charge in [-0.15, -0.1) is 0 Å². The summed E-state index contributed by atoms with van der Waals surface area (Å²) < 4.78 is 0. The highest BCUT2D eigenvalue weighted by Crippen LogP contribution is 2.32. The molecule has 0 spiro atoms. The van der Waals surface area contributed by atoms with Crippen LogP contribution in [0.5, 0.6) is 0 Å². The van der Waals surface area contributed by atoms with Gasteiger partial charge in [-0.2, -0.15) is 0 Å². The topological polar surface area (TPSA) is 72.2 Å². The van der Waals surface area contributed by atoms with Crippen LogP contribution in [0.2, 0.25) is 10.0 Å². The number of benzene rings is 1. The number of rotatable bonds is 3. The van der Waals surface area contributed by atoms with Crippen molar-refractivity contribution in [2.45, 2.75) is 44.6 Å². The number of amides is 1. The van der Waals surface area contributed by atoms with Gasteiger partial charge in [-0.25, -0.2) is 0 Å². The van der Waals surface area contributed by atoms with Crippen molar-refractivity contribution in [3.05, 3.63) is 37.9 Å². The van der Waals surface area contributed by atoms with Crippen LogP contribution < -0.4 is 5.32 Å². The molecule has 7 heteroatoms. The first-order valence-electron chi connectivity index (χ1n) is 6.78. The van der Waals surface area contributed by atoms with Crippen molar-refractivity contribution >= 4 is 34.8 Å². The van der Waals surface area contributed by atoms with E-state index in [1.807, 2.05) is 6.92 Å². The van der Waals surface area contributed by atoms with Gasteiger partial charge in [-0.05, 0) is 19.8 Å². The molecule has 0 heterocycles. The van der Waals surface area contributed by atoms with E-state index in [0.717, 1.165) is 44.2 Å². The minimum absolute atomic E-state index is 0.00446. The van der Waals surface area contributed by atoms with E-state index in [1.54, 1.807) is 0 Å². The highest BCUT2D eigenvalue weighted by Gasteiger charge is 2.30. The molecule has 1 fully saturated rings. The van der Waals surface area contributed by atoms with Crippen LogP contribution in [0.1, 0.15) is 49.4 Å². The molecule has 2 rings (SSSR count). The minimum Gasteiger partial charge on any atom is -0.347 e. The molecular formula is C14H16Cl2N2O3. The van der Waals surface area contributed by atoms with Crippen molar-refractivity contribution in [2.24, 2.45) is 0 Å². The Morgan fingerprint density at radius 1 is 1.29 bits per heavy atom. The van der Waals surface area contributed by atoms with Crippen molar-refractivity contribution < 1.29 is 9.72 Å². The highest BCUT2D eigenvalue weighted by atomic mass is 35.5. The molecule has 1 aromatic carbocycles. The second-order valence-corrected chi connectivity index (χ2v) is 6.41. The Morgan fingerprint density at radius 3 is 2.48 bits per heavy atom. The van der Waals surface area contributed by atoms with Crippen LogP contribution in [0, 0.1) is 10.1 Å². The number of nitro benzene ring substituents is 1. The maximum atomic E-state index is 12.4. The van der Waals surface area contributed by atoms with E-state index in [1.165, 1.54) is 0 Å². The summed E-state index contributed by atoms with van der Waals surface area (Å²) in [5.74, 6) is -0.421. The molecule has 1 saturated carbocycles. The van der Waals surface area contributed by atoms with E-state index in [2.05, 4.69) is 5.32 Å². The SMILES string of the molecule is CC1(NC(=O)c2cc([N+](=O)[O-])cc(Cl)c2Cl)CCCCC1. The number of nitro groups is 1. The zero-order chi connectivity index (χ0) is 15.6. The molecule has 0 saturated heterocycles. The summed E-state index contributed by atoms with van der Waals surface area (Å²) in [7, 11) is 0. The van der Waals surface area contributed by atoms with Crippen LogP contribution in [-0.2, 0) is 0 Å². The van der Waals surface area contributed by atoms with Gasteiger partial charge in [0.2, 0.25) is 0 Å². The zero-order valence-corrected chi connectivity index (χ0v) is 13.1. The molecule has 21 heavy (non-hydrogen) atoms. The monoisotopic (exact) mass is 330 g/mol.